The highest BCUT2D eigenvalue weighted by Gasteiger charge is 2.26. The summed E-state index contributed by atoms with van der Waals surface area (Å²) in [7, 11) is 0. The standard InChI is InChI=1S/C21H21N5O3/c1-14(27)22-15-7-9-16(10-8-15)23-20(28)18-17-6-2-3-13-26(17)19(24-18)21(29)25-11-4-5-12-25/h2-3,6-10,13H,4-5,11-12H2,1H3,(H,22,27)(H,23,28). The molecule has 1 saturated heterocycles. The molecule has 2 aromatic heterocycles. The second-order valence-corrected chi connectivity index (χ2v) is 6.95. The molecule has 1 aliphatic rings. The van der Waals surface area contributed by atoms with Crippen LogP contribution in [0.1, 0.15) is 40.9 Å². The van der Waals surface area contributed by atoms with Gasteiger partial charge in [-0.25, -0.2) is 4.98 Å². The molecule has 1 fully saturated rings. The number of hydrogen-bond acceptors (Lipinski definition) is 4. The number of hydrogen-bond donors (Lipinski definition) is 2. The van der Waals surface area contributed by atoms with Crippen molar-refractivity contribution in [3.63, 3.8) is 0 Å². The molecule has 3 heterocycles. The number of imidazole rings is 1. The van der Waals surface area contributed by atoms with Crippen molar-refractivity contribution >= 4 is 34.6 Å². The molecule has 1 aliphatic heterocycles. The molecule has 0 spiro atoms. The van der Waals surface area contributed by atoms with Crippen molar-refractivity contribution in [2.45, 2.75) is 19.8 Å². The summed E-state index contributed by atoms with van der Waals surface area (Å²) < 4.78 is 1.66. The van der Waals surface area contributed by atoms with Crippen molar-refractivity contribution in [1.29, 1.82) is 0 Å². The van der Waals surface area contributed by atoms with Gasteiger partial charge in [-0.1, -0.05) is 6.07 Å². The number of amides is 3. The van der Waals surface area contributed by atoms with Gasteiger partial charge in [-0.3, -0.25) is 18.8 Å². The minimum absolute atomic E-state index is 0.164. The average Bonchev–Trinajstić information content (AvgIpc) is 3.37. The Balaban J connectivity index is 1.60. The van der Waals surface area contributed by atoms with Crippen LogP contribution in [0.4, 0.5) is 11.4 Å². The van der Waals surface area contributed by atoms with Gasteiger partial charge in [0.1, 0.15) is 0 Å². The number of nitrogens with one attached hydrogen (secondary N) is 2. The van der Waals surface area contributed by atoms with Gasteiger partial charge in [0.15, 0.2) is 5.69 Å². The SMILES string of the molecule is CC(=O)Nc1ccc(NC(=O)c2nc(C(=O)N3CCCC3)n3ccccc23)cc1. The van der Waals surface area contributed by atoms with Gasteiger partial charge in [0.2, 0.25) is 11.7 Å². The van der Waals surface area contributed by atoms with Gasteiger partial charge in [-0.15, -0.1) is 0 Å². The molecule has 8 heteroatoms. The molecule has 0 saturated carbocycles. The van der Waals surface area contributed by atoms with E-state index in [2.05, 4.69) is 15.6 Å². The highest BCUT2D eigenvalue weighted by molar-refractivity contribution is 6.09. The molecule has 3 aromatic rings. The Morgan fingerprint density at radius 1 is 0.931 bits per heavy atom. The van der Waals surface area contributed by atoms with Crippen LogP contribution in [0, 0.1) is 0 Å². The maximum absolute atomic E-state index is 12.9. The Bertz CT molecular complexity index is 1080. The van der Waals surface area contributed by atoms with Gasteiger partial charge < -0.3 is 15.5 Å². The lowest BCUT2D eigenvalue weighted by atomic mass is 10.2. The first kappa shape index (κ1) is 18.7. The van der Waals surface area contributed by atoms with Crippen LogP contribution >= 0.6 is 0 Å². The van der Waals surface area contributed by atoms with Gasteiger partial charge in [-0.05, 0) is 49.2 Å². The predicted octanol–water partition coefficient (Wildman–Crippen LogP) is 2.78. The summed E-state index contributed by atoms with van der Waals surface area (Å²) in [5.74, 6) is -0.487. The smallest absolute Gasteiger partial charge is 0.290 e. The average molecular weight is 391 g/mol. The maximum atomic E-state index is 12.9. The molecule has 0 aliphatic carbocycles. The van der Waals surface area contributed by atoms with Gasteiger partial charge in [0, 0.05) is 37.6 Å². The van der Waals surface area contributed by atoms with Crippen molar-refractivity contribution in [3.8, 4) is 0 Å². The Kier molecular flexibility index (Phi) is 4.99. The first-order valence-corrected chi connectivity index (χ1v) is 9.48. The van der Waals surface area contributed by atoms with E-state index in [0.717, 1.165) is 12.8 Å². The molecule has 148 valence electrons. The molecule has 8 nitrogen and oxygen atoms in total. The van der Waals surface area contributed by atoms with Crippen molar-refractivity contribution in [1.82, 2.24) is 14.3 Å². The fraction of sp³-hybridized carbons (Fsp3) is 0.238. The van der Waals surface area contributed by atoms with Gasteiger partial charge >= 0.3 is 0 Å². The van der Waals surface area contributed by atoms with Crippen molar-refractivity contribution in [3.05, 3.63) is 60.2 Å². The van der Waals surface area contributed by atoms with Gasteiger partial charge in [0.25, 0.3) is 11.8 Å². The van der Waals surface area contributed by atoms with Crippen LogP contribution in [-0.4, -0.2) is 45.1 Å². The Labute approximate surface area is 167 Å². The number of carbonyl (C=O) groups excluding carboxylic acids is 3. The predicted molar refractivity (Wildman–Crippen MR) is 109 cm³/mol. The zero-order chi connectivity index (χ0) is 20.4. The number of anilines is 2. The lowest BCUT2D eigenvalue weighted by molar-refractivity contribution is -0.114. The monoisotopic (exact) mass is 391 g/mol. The Morgan fingerprint density at radius 2 is 1.59 bits per heavy atom. The number of fused-ring (bicyclic) bond motifs is 1. The van der Waals surface area contributed by atoms with E-state index in [1.807, 2.05) is 0 Å². The quantitative estimate of drug-likeness (QED) is 0.715. The molecule has 4 rings (SSSR count). The molecule has 1 aromatic carbocycles. The number of carbonyl (C=O) groups is 3. The summed E-state index contributed by atoms with van der Waals surface area (Å²) in [6, 6.07) is 12.2. The van der Waals surface area contributed by atoms with E-state index in [0.29, 0.717) is 30.0 Å². The highest BCUT2D eigenvalue weighted by atomic mass is 16.2. The topological polar surface area (TPSA) is 95.8 Å². The molecule has 3 amide bonds. The first-order valence-electron chi connectivity index (χ1n) is 9.48. The summed E-state index contributed by atoms with van der Waals surface area (Å²) >= 11 is 0. The molecule has 2 N–H and O–H groups in total. The summed E-state index contributed by atoms with van der Waals surface area (Å²) in [5, 5.41) is 5.47. The van der Waals surface area contributed by atoms with E-state index in [1.54, 1.807) is 58.0 Å². The Morgan fingerprint density at radius 3 is 2.24 bits per heavy atom. The van der Waals surface area contributed by atoms with Crippen LogP contribution in [0.2, 0.25) is 0 Å². The van der Waals surface area contributed by atoms with Crippen LogP contribution in [-0.2, 0) is 4.79 Å². The molecule has 0 bridgehead atoms. The minimum Gasteiger partial charge on any atom is -0.336 e. The van der Waals surface area contributed by atoms with E-state index in [1.165, 1.54) is 6.92 Å². The summed E-state index contributed by atoms with van der Waals surface area (Å²) in [6.07, 6.45) is 3.71. The fourth-order valence-corrected chi connectivity index (χ4v) is 3.45. The second-order valence-electron chi connectivity index (χ2n) is 6.95. The largest absolute Gasteiger partial charge is 0.336 e. The molecule has 0 unspecified atom stereocenters. The third-order valence-electron chi connectivity index (χ3n) is 4.81. The van der Waals surface area contributed by atoms with E-state index < -0.39 is 5.91 Å². The van der Waals surface area contributed by atoms with Crippen LogP contribution in [0.25, 0.3) is 5.52 Å². The van der Waals surface area contributed by atoms with Crippen LogP contribution in [0.15, 0.2) is 48.7 Å². The van der Waals surface area contributed by atoms with E-state index in [-0.39, 0.29) is 23.3 Å². The summed E-state index contributed by atoms with van der Waals surface area (Å²) in [6.45, 7) is 2.85. The number of nitrogens with zero attached hydrogens (tertiary/aromatic N) is 3. The summed E-state index contributed by atoms with van der Waals surface area (Å²) in [5.41, 5.74) is 1.97. The van der Waals surface area contributed by atoms with Gasteiger partial charge in [0.05, 0.1) is 5.52 Å². The number of rotatable bonds is 4. The van der Waals surface area contributed by atoms with Crippen LogP contribution in [0.3, 0.4) is 0 Å². The highest BCUT2D eigenvalue weighted by Crippen LogP contribution is 2.20. The van der Waals surface area contributed by atoms with Crippen molar-refractivity contribution < 1.29 is 14.4 Å². The van der Waals surface area contributed by atoms with E-state index in [4.69, 9.17) is 0 Å². The zero-order valence-electron chi connectivity index (χ0n) is 16.0. The lowest BCUT2D eigenvalue weighted by Gasteiger charge is -2.13. The summed E-state index contributed by atoms with van der Waals surface area (Å²) in [4.78, 5) is 43.0. The third kappa shape index (κ3) is 3.82. The molecule has 0 atom stereocenters. The minimum atomic E-state index is -0.401. The first-order chi connectivity index (χ1) is 14.0. The number of aromatic nitrogens is 2. The van der Waals surface area contributed by atoms with Gasteiger partial charge in [-0.2, -0.15) is 0 Å². The van der Waals surface area contributed by atoms with Crippen LogP contribution < -0.4 is 10.6 Å². The number of pyridine rings is 1. The van der Waals surface area contributed by atoms with Crippen molar-refractivity contribution in [2.24, 2.45) is 0 Å². The molecular formula is C21H21N5O3. The van der Waals surface area contributed by atoms with Crippen LogP contribution in [0.5, 0.6) is 0 Å². The molecular weight excluding hydrogens is 370 g/mol. The molecule has 29 heavy (non-hydrogen) atoms. The number of likely N-dealkylation sites (tertiary alicyclic amines) is 1. The Hall–Kier alpha value is -3.68. The normalized spacial score (nSPS) is 13.5. The lowest BCUT2D eigenvalue weighted by Crippen LogP contribution is -2.29. The fourth-order valence-electron chi connectivity index (χ4n) is 3.45. The van der Waals surface area contributed by atoms with E-state index in [9.17, 15) is 14.4 Å². The maximum Gasteiger partial charge on any atom is 0.290 e. The second kappa shape index (κ2) is 7.75. The zero-order valence-corrected chi connectivity index (χ0v) is 16.0. The third-order valence-corrected chi connectivity index (χ3v) is 4.81. The van der Waals surface area contributed by atoms with Crippen molar-refractivity contribution in [2.75, 3.05) is 23.7 Å². The van der Waals surface area contributed by atoms with E-state index >= 15 is 0 Å². The molecule has 0 radical (unpaired) electrons. The number of benzene rings is 1.